The molecule has 1 heterocycles. The third-order valence-electron chi connectivity index (χ3n) is 3.11. The second kappa shape index (κ2) is 5.02. The van der Waals surface area contributed by atoms with E-state index in [2.05, 4.69) is 4.98 Å². The van der Waals surface area contributed by atoms with Crippen LogP contribution >= 0.6 is 23.2 Å². The molecule has 0 radical (unpaired) electrons. The summed E-state index contributed by atoms with van der Waals surface area (Å²) in [6.07, 6.45) is 0. The van der Waals surface area contributed by atoms with Crippen LogP contribution in [-0.4, -0.2) is 17.4 Å². The normalized spacial score (nSPS) is 12.0. The zero-order valence-electron chi connectivity index (χ0n) is 10.9. The van der Waals surface area contributed by atoms with Gasteiger partial charge in [-0.2, -0.15) is 0 Å². The van der Waals surface area contributed by atoms with Crippen molar-refractivity contribution in [2.45, 2.75) is 11.8 Å². The lowest BCUT2D eigenvalue weighted by Gasteiger charge is -2.10. The van der Waals surface area contributed by atoms with E-state index in [0.29, 0.717) is 16.9 Å². The fraction of sp³-hybridized carbons (Fsp3) is 0.0714. The maximum atomic E-state index is 12.9. The smallest absolute Gasteiger partial charge is 0.232 e. The first-order valence-corrected chi connectivity index (χ1v) is 8.26. The van der Waals surface area contributed by atoms with Gasteiger partial charge in [-0.1, -0.05) is 41.4 Å². The number of rotatable bonds is 2. The van der Waals surface area contributed by atoms with Gasteiger partial charge in [0.05, 0.1) is 21.1 Å². The zero-order valence-corrected chi connectivity index (χ0v) is 13.2. The van der Waals surface area contributed by atoms with Gasteiger partial charge in [-0.15, -0.1) is 0 Å². The number of benzene rings is 2. The summed E-state index contributed by atoms with van der Waals surface area (Å²) in [5, 5.41) is 0.205. The molecular weight excluding hydrogens is 331 g/mol. The van der Waals surface area contributed by atoms with Crippen molar-refractivity contribution in [1.29, 1.82) is 0 Å². The number of fused-ring (bicyclic) bond motifs is 1. The molecular formula is C14H10Cl2N2O2S. The maximum Gasteiger partial charge on any atom is 0.271 e. The number of aryl methyl sites for hydroxylation is 1. The molecule has 0 aliphatic heterocycles. The Balaban J connectivity index is 2.36. The standard InChI is InChI=1S/C14H10Cl2N2O2S/c1-9-17-11-6-2-3-7-12(11)18(9)21(19,20)13-8-4-5-10(15)14(13)16/h2-8H,1H3. The summed E-state index contributed by atoms with van der Waals surface area (Å²) in [6.45, 7) is 1.63. The minimum atomic E-state index is -3.87. The number of imidazole rings is 1. The predicted molar refractivity (Wildman–Crippen MR) is 83.5 cm³/mol. The van der Waals surface area contributed by atoms with E-state index in [4.69, 9.17) is 23.2 Å². The molecule has 2 aromatic carbocycles. The van der Waals surface area contributed by atoms with Crippen LogP contribution in [0.1, 0.15) is 5.82 Å². The molecule has 0 saturated carbocycles. The van der Waals surface area contributed by atoms with Gasteiger partial charge in [0.2, 0.25) is 0 Å². The van der Waals surface area contributed by atoms with Crippen molar-refractivity contribution in [3.8, 4) is 0 Å². The predicted octanol–water partition coefficient (Wildman–Crippen LogP) is 3.89. The molecule has 3 rings (SSSR count). The average molecular weight is 341 g/mol. The van der Waals surface area contributed by atoms with Gasteiger partial charge in [-0.05, 0) is 31.2 Å². The summed E-state index contributed by atoms with van der Waals surface area (Å²) in [5.41, 5.74) is 1.11. The molecule has 21 heavy (non-hydrogen) atoms. The molecule has 0 atom stereocenters. The average Bonchev–Trinajstić information content (AvgIpc) is 2.78. The summed E-state index contributed by atoms with van der Waals surface area (Å²) < 4.78 is 26.9. The first-order chi connectivity index (χ1) is 9.93. The molecule has 0 unspecified atom stereocenters. The molecule has 0 bridgehead atoms. The Bertz CT molecular complexity index is 949. The van der Waals surface area contributed by atoms with Gasteiger partial charge in [-0.3, -0.25) is 0 Å². The van der Waals surface area contributed by atoms with Gasteiger partial charge < -0.3 is 0 Å². The highest BCUT2D eigenvalue weighted by Crippen LogP contribution is 2.32. The monoisotopic (exact) mass is 340 g/mol. The second-order valence-corrected chi connectivity index (χ2v) is 7.01. The van der Waals surface area contributed by atoms with E-state index < -0.39 is 10.0 Å². The van der Waals surface area contributed by atoms with Gasteiger partial charge in [0.1, 0.15) is 10.7 Å². The second-order valence-electron chi connectivity index (χ2n) is 4.47. The number of aromatic nitrogens is 2. The van der Waals surface area contributed by atoms with Crippen LogP contribution in [0.3, 0.4) is 0 Å². The first kappa shape index (κ1) is 14.4. The van der Waals surface area contributed by atoms with Crippen LogP contribution in [0, 0.1) is 6.92 Å². The van der Waals surface area contributed by atoms with E-state index in [1.165, 1.54) is 10.0 Å². The lowest BCUT2D eigenvalue weighted by molar-refractivity contribution is 0.587. The molecule has 0 amide bonds. The number of nitrogens with zero attached hydrogens (tertiary/aromatic N) is 2. The Morgan fingerprint density at radius 3 is 2.52 bits per heavy atom. The van der Waals surface area contributed by atoms with Gasteiger partial charge in [0.15, 0.2) is 0 Å². The number of hydrogen-bond donors (Lipinski definition) is 0. The zero-order chi connectivity index (χ0) is 15.2. The van der Waals surface area contributed by atoms with Crippen molar-refractivity contribution in [1.82, 2.24) is 8.96 Å². The van der Waals surface area contributed by atoms with Crippen LogP contribution in [0.15, 0.2) is 47.4 Å². The SMILES string of the molecule is Cc1nc2ccccc2n1S(=O)(=O)c1cccc(Cl)c1Cl. The fourth-order valence-electron chi connectivity index (χ4n) is 2.21. The molecule has 3 aromatic rings. The number of halogens is 2. The van der Waals surface area contributed by atoms with E-state index in [1.54, 1.807) is 43.3 Å². The Kier molecular flexibility index (Phi) is 3.43. The van der Waals surface area contributed by atoms with Crippen molar-refractivity contribution in [3.05, 3.63) is 58.3 Å². The summed E-state index contributed by atoms with van der Waals surface area (Å²) in [5.74, 6) is 0.368. The maximum absolute atomic E-state index is 12.9. The molecule has 108 valence electrons. The topological polar surface area (TPSA) is 52.0 Å². The Labute approximate surface area is 132 Å². The van der Waals surface area contributed by atoms with E-state index in [-0.39, 0.29) is 14.9 Å². The van der Waals surface area contributed by atoms with E-state index in [0.717, 1.165) is 0 Å². The van der Waals surface area contributed by atoms with Gasteiger partial charge >= 0.3 is 0 Å². The summed E-state index contributed by atoms with van der Waals surface area (Å²) in [7, 11) is -3.87. The molecule has 0 spiro atoms. The van der Waals surface area contributed by atoms with E-state index in [9.17, 15) is 8.42 Å². The van der Waals surface area contributed by atoms with Crippen LogP contribution in [-0.2, 0) is 10.0 Å². The van der Waals surface area contributed by atoms with Crippen LogP contribution < -0.4 is 0 Å². The highest BCUT2D eigenvalue weighted by atomic mass is 35.5. The molecule has 0 saturated heterocycles. The Morgan fingerprint density at radius 1 is 1.05 bits per heavy atom. The fourth-order valence-corrected chi connectivity index (χ4v) is 4.44. The minimum absolute atomic E-state index is 0.0105. The Morgan fingerprint density at radius 2 is 1.76 bits per heavy atom. The van der Waals surface area contributed by atoms with Crippen molar-refractivity contribution in [2.24, 2.45) is 0 Å². The quantitative estimate of drug-likeness (QED) is 0.711. The van der Waals surface area contributed by atoms with Crippen molar-refractivity contribution in [3.63, 3.8) is 0 Å². The van der Waals surface area contributed by atoms with Crippen molar-refractivity contribution in [2.75, 3.05) is 0 Å². The largest absolute Gasteiger partial charge is 0.271 e. The minimum Gasteiger partial charge on any atom is -0.232 e. The molecule has 0 aliphatic carbocycles. The third-order valence-corrected chi connectivity index (χ3v) is 5.88. The molecule has 7 heteroatoms. The van der Waals surface area contributed by atoms with Crippen LogP contribution in [0.5, 0.6) is 0 Å². The molecule has 0 fully saturated rings. The lowest BCUT2D eigenvalue weighted by atomic mass is 10.3. The van der Waals surface area contributed by atoms with E-state index in [1.807, 2.05) is 0 Å². The van der Waals surface area contributed by atoms with Crippen LogP contribution in [0.2, 0.25) is 10.0 Å². The van der Waals surface area contributed by atoms with Crippen molar-refractivity contribution < 1.29 is 8.42 Å². The highest BCUT2D eigenvalue weighted by molar-refractivity contribution is 7.90. The molecule has 1 aromatic heterocycles. The summed E-state index contributed by atoms with van der Waals surface area (Å²) in [4.78, 5) is 4.23. The molecule has 0 aliphatic rings. The first-order valence-electron chi connectivity index (χ1n) is 6.06. The van der Waals surface area contributed by atoms with Gasteiger partial charge in [0, 0.05) is 0 Å². The third kappa shape index (κ3) is 2.21. The van der Waals surface area contributed by atoms with E-state index >= 15 is 0 Å². The van der Waals surface area contributed by atoms with Gasteiger partial charge in [-0.25, -0.2) is 17.4 Å². The number of para-hydroxylation sites is 2. The lowest BCUT2D eigenvalue weighted by Crippen LogP contribution is -2.15. The molecule has 0 N–H and O–H groups in total. The summed E-state index contributed by atoms with van der Waals surface area (Å²) in [6, 6.07) is 11.5. The molecule has 4 nitrogen and oxygen atoms in total. The van der Waals surface area contributed by atoms with Gasteiger partial charge in [0.25, 0.3) is 10.0 Å². The highest BCUT2D eigenvalue weighted by Gasteiger charge is 2.25. The Hall–Kier alpha value is -1.56. The van der Waals surface area contributed by atoms with Crippen LogP contribution in [0.4, 0.5) is 0 Å². The van der Waals surface area contributed by atoms with Crippen molar-refractivity contribution >= 4 is 44.3 Å². The summed E-state index contributed by atoms with van der Waals surface area (Å²) >= 11 is 12.0. The van der Waals surface area contributed by atoms with Crippen LogP contribution in [0.25, 0.3) is 11.0 Å². The number of hydrogen-bond acceptors (Lipinski definition) is 3.